The Morgan fingerprint density at radius 2 is 2.31 bits per heavy atom. The summed E-state index contributed by atoms with van der Waals surface area (Å²) in [6.45, 7) is 2.61. The molecule has 1 aromatic heterocycles. The maximum Gasteiger partial charge on any atom is 0.250 e. The van der Waals surface area contributed by atoms with Crippen molar-refractivity contribution in [1.29, 1.82) is 5.26 Å². The lowest BCUT2D eigenvalue weighted by molar-refractivity contribution is 0.576. The fourth-order valence-corrected chi connectivity index (χ4v) is 3.74. The molecule has 1 N–H and O–H groups in total. The summed E-state index contributed by atoms with van der Waals surface area (Å²) in [5, 5.41) is 8.62. The van der Waals surface area contributed by atoms with Gasteiger partial charge in [-0.15, -0.1) is 11.3 Å². The van der Waals surface area contributed by atoms with Gasteiger partial charge in [-0.3, -0.25) is 0 Å². The van der Waals surface area contributed by atoms with Crippen molar-refractivity contribution in [1.82, 2.24) is 4.72 Å². The highest BCUT2D eigenvalue weighted by Gasteiger charge is 2.33. The third-order valence-corrected chi connectivity index (χ3v) is 5.67. The van der Waals surface area contributed by atoms with Gasteiger partial charge in [-0.1, -0.05) is 6.92 Å². The molecule has 1 aliphatic rings. The van der Waals surface area contributed by atoms with Gasteiger partial charge in [0, 0.05) is 6.54 Å². The number of nitrogens with zero attached hydrogens (tertiary/aromatic N) is 1. The fraction of sp³-hybridized carbons (Fsp3) is 0.500. The Bertz CT molecular complexity index is 527. The van der Waals surface area contributed by atoms with E-state index in [1.807, 2.05) is 6.07 Å². The molecule has 1 aliphatic carbocycles. The molecule has 1 fully saturated rings. The first-order chi connectivity index (χ1) is 7.53. The second-order valence-electron chi connectivity index (χ2n) is 4.06. The van der Waals surface area contributed by atoms with Crippen LogP contribution in [0.1, 0.15) is 18.2 Å². The molecule has 0 spiro atoms. The third-order valence-electron chi connectivity index (χ3n) is 2.77. The van der Waals surface area contributed by atoms with Gasteiger partial charge >= 0.3 is 0 Å². The zero-order chi connectivity index (χ0) is 11.8. The number of nitrogens with one attached hydrogen (secondary N) is 1. The maximum atomic E-state index is 11.8. The van der Waals surface area contributed by atoms with E-state index in [4.69, 9.17) is 5.26 Å². The van der Waals surface area contributed by atoms with E-state index in [1.165, 1.54) is 12.1 Å². The molecule has 2 unspecified atom stereocenters. The van der Waals surface area contributed by atoms with Gasteiger partial charge in [-0.25, -0.2) is 13.1 Å². The quantitative estimate of drug-likeness (QED) is 0.888. The summed E-state index contributed by atoms with van der Waals surface area (Å²) in [4.78, 5) is 0.417. The number of thiophene rings is 1. The van der Waals surface area contributed by atoms with Crippen molar-refractivity contribution in [3.63, 3.8) is 0 Å². The average Bonchev–Trinajstić information content (AvgIpc) is 2.78. The Morgan fingerprint density at radius 3 is 2.81 bits per heavy atom. The molecule has 16 heavy (non-hydrogen) atoms. The number of rotatable bonds is 4. The Hall–Kier alpha value is -0.900. The van der Waals surface area contributed by atoms with E-state index in [2.05, 4.69) is 11.6 Å². The van der Waals surface area contributed by atoms with Crippen molar-refractivity contribution < 1.29 is 8.42 Å². The van der Waals surface area contributed by atoms with E-state index < -0.39 is 10.0 Å². The van der Waals surface area contributed by atoms with Crippen LogP contribution in [0.4, 0.5) is 0 Å². The van der Waals surface area contributed by atoms with Crippen LogP contribution in [0, 0.1) is 23.2 Å². The molecule has 1 heterocycles. The molecule has 0 amide bonds. The van der Waals surface area contributed by atoms with E-state index in [9.17, 15) is 8.42 Å². The summed E-state index contributed by atoms with van der Waals surface area (Å²) >= 11 is 1.00. The highest BCUT2D eigenvalue weighted by atomic mass is 32.2. The van der Waals surface area contributed by atoms with Gasteiger partial charge in [-0.05, 0) is 30.4 Å². The highest BCUT2D eigenvalue weighted by molar-refractivity contribution is 7.91. The minimum atomic E-state index is -3.41. The molecule has 0 aliphatic heterocycles. The van der Waals surface area contributed by atoms with Crippen LogP contribution >= 0.6 is 11.3 Å². The molecule has 0 radical (unpaired) electrons. The van der Waals surface area contributed by atoms with Gasteiger partial charge in [0.15, 0.2) is 0 Å². The lowest BCUT2D eigenvalue weighted by Gasteiger charge is -2.02. The Balaban J connectivity index is 2.04. The lowest BCUT2D eigenvalue weighted by atomic mass is 10.3. The first kappa shape index (κ1) is 11.6. The topological polar surface area (TPSA) is 70.0 Å². The van der Waals surface area contributed by atoms with E-state index >= 15 is 0 Å². The normalized spacial score (nSPS) is 24.0. The van der Waals surface area contributed by atoms with E-state index in [0.717, 1.165) is 17.8 Å². The molecule has 86 valence electrons. The highest BCUT2D eigenvalue weighted by Crippen LogP contribution is 2.37. The predicted molar refractivity (Wildman–Crippen MR) is 61.5 cm³/mol. The molecule has 0 aromatic carbocycles. The number of hydrogen-bond donors (Lipinski definition) is 1. The summed E-state index contributed by atoms with van der Waals surface area (Å²) < 4.78 is 26.4. The molecule has 2 rings (SSSR count). The molecular weight excluding hydrogens is 244 g/mol. The molecule has 1 aromatic rings. The second-order valence-corrected chi connectivity index (χ2v) is 7.13. The summed E-state index contributed by atoms with van der Waals surface area (Å²) in [7, 11) is -3.41. The van der Waals surface area contributed by atoms with Crippen LogP contribution in [0.3, 0.4) is 0 Å². The summed E-state index contributed by atoms with van der Waals surface area (Å²) in [6.07, 6.45) is 1.09. The first-order valence-electron chi connectivity index (χ1n) is 5.02. The monoisotopic (exact) mass is 256 g/mol. The van der Waals surface area contributed by atoms with Crippen molar-refractivity contribution in [3.8, 4) is 6.07 Å². The Morgan fingerprint density at radius 1 is 1.62 bits per heavy atom. The molecule has 0 bridgehead atoms. The van der Waals surface area contributed by atoms with Gasteiger partial charge < -0.3 is 0 Å². The zero-order valence-corrected chi connectivity index (χ0v) is 10.4. The van der Waals surface area contributed by atoms with Crippen molar-refractivity contribution >= 4 is 21.4 Å². The minimum absolute atomic E-state index is 0.220. The van der Waals surface area contributed by atoms with Gasteiger partial charge in [0.25, 0.3) is 0 Å². The first-order valence-corrected chi connectivity index (χ1v) is 7.32. The zero-order valence-electron chi connectivity index (χ0n) is 8.80. The lowest BCUT2D eigenvalue weighted by Crippen LogP contribution is -2.25. The third kappa shape index (κ3) is 2.43. The van der Waals surface area contributed by atoms with Crippen molar-refractivity contribution in [2.24, 2.45) is 11.8 Å². The van der Waals surface area contributed by atoms with E-state index in [1.54, 1.807) is 0 Å². The van der Waals surface area contributed by atoms with Crippen LogP contribution in [0.25, 0.3) is 0 Å². The van der Waals surface area contributed by atoms with Gasteiger partial charge in [0.1, 0.15) is 15.2 Å². The molecule has 1 saturated carbocycles. The maximum absolute atomic E-state index is 11.8. The number of sulfonamides is 1. The Labute approximate surface area is 99.0 Å². The van der Waals surface area contributed by atoms with Crippen LogP contribution in [-0.4, -0.2) is 15.0 Å². The summed E-state index contributed by atoms with van der Waals surface area (Å²) in [6, 6.07) is 4.93. The van der Waals surface area contributed by atoms with Crippen LogP contribution in [0.15, 0.2) is 16.3 Å². The molecule has 2 atom stereocenters. The largest absolute Gasteiger partial charge is 0.250 e. The van der Waals surface area contributed by atoms with Crippen LogP contribution in [0.2, 0.25) is 0 Å². The Kier molecular flexibility index (Phi) is 3.02. The molecular formula is C10H12N2O2S2. The predicted octanol–water partition coefficient (Wildman–Crippen LogP) is 1.55. The van der Waals surface area contributed by atoms with Crippen molar-refractivity contribution in [3.05, 3.63) is 17.0 Å². The van der Waals surface area contributed by atoms with Gasteiger partial charge in [0.2, 0.25) is 10.0 Å². The fourth-order valence-electron chi connectivity index (χ4n) is 1.50. The van der Waals surface area contributed by atoms with Crippen LogP contribution in [0.5, 0.6) is 0 Å². The van der Waals surface area contributed by atoms with Gasteiger partial charge in [0.05, 0.1) is 0 Å². The smallest absolute Gasteiger partial charge is 0.210 e. The SMILES string of the molecule is CC1CC1CNS(=O)(=O)c1ccc(C#N)s1. The summed E-state index contributed by atoms with van der Waals surface area (Å²) in [5.74, 6) is 1.10. The number of hydrogen-bond acceptors (Lipinski definition) is 4. The minimum Gasteiger partial charge on any atom is -0.210 e. The van der Waals surface area contributed by atoms with Crippen LogP contribution in [-0.2, 0) is 10.0 Å². The molecule has 4 nitrogen and oxygen atoms in total. The summed E-state index contributed by atoms with van der Waals surface area (Å²) in [5.41, 5.74) is 0. The van der Waals surface area contributed by atoms with E-state index in [0.29, 0.717) is 23.3 Å². The number of nitriles is 1. The average molecular weight is 256 g/mol. The second kappa shape index (κ2) is 4.17. The van der Waals surface area contributed by atoms with E-state index in [-0.39, 0.29) is 4.21 Å². The van der Waals surface area contributed by atoms with Crippen LogP contribution < -0.4 is 4.72 Å². The molecule has 0 saturated heterocycles. The molecule has 6 heteroatoms. The van der Waals surface area contributed by atoms with Crippen molar-refractivity contribution in [2.45, 2.75) is 17.6 Å². The van der Waals surface area contributed by atoms with Crippen molar-refractivity contribution in [2.75, 3.05) is 6.54 Å². The van der Waals surface area contributed by atoms with Gasteiger partial charge in [-0.2, -0.15) is 5.26 Å². The standard InChI is InChI=1S/C10H12N2O2S2/c1-7-4-8(7)6-12-16(13,14)10-3-2-9(5-11)15-10/h2-3,7-8,12H,4,6H2,1H3.